The summed E-state index contributed by atoms with van der Waals surface area (Å²) >= 11 is 0. The molecule has 1 aromatic rings. The molecule has 0 spiro atoms. The Morgan fingerprint density at radius 1 is 1.31 bits per heavy atom. The summed E-state index contributed by atoms with van der Waals surface area (Å²) in [5, 5.41) is 3.33. The minimum atomic E-state index is -1.32. The lowest BCUT2D eigenvalue weighted by atomic mass is 9.92. The number of amides is 5. The van der Waals surface area contributed by atoms with Crippen LogP contribution in [0.3, 0.4) is 0 Å². The van der Waals surface area contributed by atoms with Crippen molar-refractivity contribution in [1.82, 2.24) is 20.7 Å². The van der Waals surface area contributed by atoms with Gasteiger partial charge in [0, 0.05) is 5.92 Å². The predicted molar refractivity (Wildman–Crippen MR) is 102 cm³/mol. The van der Waals surface area contributed by atoms with Crippen LogP contribution in [0.25, 0.3) is 0 Å². The molecule has 2 aliphatic heterocycles. The van der Waals surface area contributed by atoms with Crippen LogP contribution in [-0.4, -0.2) is 60.4 Å². The molecule has 3 rings (SSSR count). The van der Waals surface area contributed by atoms with Gasteiger partial charge in [0.2, 0.25) is 5.91 Å². The van der Waals surface area contributed by atoms with Gasteiger partial charge in [-0.1, -0.05) is 12.1 Å². The van der Waals surface area contributed by atoms with E-state index in [0.29, 0.717) is 42.3 Å². The number of carbonyl (C=O) groups is 4. The molecule has 4 N–H and O–H groups in total. The van der Waals surface area contributed by atoms with Crippen molar-refractivity contribution < 1.29 is 23.9 Å². The molecule has 2 saturated heterocycles. The number of carbonyl (C=O) groups excluding carboxylic acids is 4. The van der Waals surface area contributed by atoms with Crippen LogP contribution in [0.15, 0.2) is 24.3 Å². The van der Waals surface area contributed by atoms with Crippen LogP contribution in [0.1, 0.15) is 25.3 Å². The van der Waals surface area contributed by atoms with Crippen LogP contribution in [0.2, 0.25) is 0 Å². The van der Waals surface area contributed by atoms with E-state index in [1.807, 2.05) is 4.90 Å². The number of benzene rings is 1. The number of hydrogen-bond acceptors (Lipinski definition) is 6. The van der Waals surface area contributed by atoms with Crippen molar-refractivity contribution in [2.24, 2.45) is 11.7 Å². The van der Waals surface area contributed by atoms with E-state index in [9.17, 15) is 19.2 Å². The minimum Gasteiger partial charge on any atom is -0.497 e. The van der Waals surface area contributed by atoms with Crippen molar-refractivity contribution in [1.29, 1.82) is 0 Å². The highest BCUT2D eigenvalue weighted by Crippen LogP contribution is 2.30. The van der Waals surface area contributed by atoms with Crippen LogP contribution in [-0.2, 0) is 19.9 Å². The van der Waals surface area contributed by atoms with Crippen molar-refractivity contribution in [2.75, 3.05) is 26.7 Å². The maximum absolute atomic E-state index is 12.9. The lowest BCUT2D eigenvalue weighted by Gasteiger charge is -2.30. The van der Waals surface area contributed by atoms with Gasteiger partial charge in [0.1, 0.15) is 11.3 Å². The van der Waals surface area contributed by atoms with Gasteiger partial charge in [0.05, 0.1) is 13.7 Å². The predicted octanol–water partition coefficient (Wildman–Crippen LogP) is -0.309. The third kappa shape index (κ3) is 4.16. The highest BCUT2D eigenvalue weighted by atomic mass is 16.5. The number of piperidine rings is 1. The number of nitrogens with zero attached hydrogens (tertiary/aromatic N) is 2. The van der Waals surface area contributed by atoms with Gasteiger partial charge in [0.25, 0.3) is 11.8 Å². The first-order valence-corrected chi connectivity index (χ1v) is 9.37. The van der Waals surface area contributed by atoms with Gasteiger partial charge >= 0.3 is 6.03 Å². The van der Waals surface area contributed by atoms with E-state index >= 15 is 0 Å². The topological polar surface area (TPSA) is 134 Å². The van der Waals surface area contributed by atoms with E-state index < -0.39 is 23.4 Å². The van der Waals surface area contributed by atoms with Crippen molar-refractivity contribution >= 4 is 23.8 Å². The van der Waals surface area contributed by atoms with Crippen LogP contribution < -0.4 is 21.2 Å². The summed E-state index contributed by atoms with van der Waals surface area (Å²) in [7, 11) is 1.51. The number of nitrogens with two attached hydrogens (primary N) is 1. The third-order valence-corrected chi connectivity index (χ3v) is 5.43. The minimum absolute atomic E-state index is 0.0123. The highest BCUT2D eigenvalue weighted by Gasteiger charge is 2.50. The lowest BCUT2D eigenvalue weighted by molar-refractivity contribution is -0.139. The molecule has 10 nitrogen and oxygen atoms in total. The fourth-order valence-electron chi connectivity index (χ4n) is 3.61. The average Bonchev–Trinajstić information content (AvgIpc) is 2.92. The summed E-state index contributed by atoms with van der Waals surface area (Å²) in [4.78, 5) is 50.7. The molecule has 156 valence electrons. The number of ether oxygens (including phenoxy) is 1. The van der Waals surface area contributed by atoms with Crippen molar-refractivity contribution in [3.8, 4) is 5.75 Å². The highest BCUT2D eigenvalue weighted by molar-refractivity contribution is 6.08. The van der Waals surface area contributed by atoms with E-state index in [2.05, 4.69) is 10.7 Å². The zero-order valence-corrected chi connectivity index (χ0v) is 16.4. The smallest absolute Gasteiger partial charge is 0.344 e. The van der Waals surface area contributed by atoms with Gasteiger partial charge in [0.15, 0.2) is 0 Å². The molecule has 0 aromatic heterocycles. The molecule has 1 aromatic carbocycles. The van der Waals surface area contributed by atoms with Gasteiger partial charge in [-0.2, -0.15) is 5.01 Å². The third-order valence-electron chi connectivity index (χ3n) is 5.43. The molecule has 1 unspecified atom stereocenters. The summed E-state index contributed by atoms with van der Waals surface area (Å²) in [6, 6.07) is 6.10. The molecule has 29 heavy (non-hydrogen) atoms. The Labute approximate surface area is 168 Å². The summed E-state index contributed by atoms with van der Waals surface area (Å²) in [5.74, 6) is -1.03. The first-order chi connectivity index (χ1) is 13.7. The Bertz CT molecular complexity index is 836. The van der Waals surface area contributed by atoms with Crippen molar-refractivity contribution in [3.63, 3.8) is 0 Å². The summed E-state index contributed by atoms with van der Waals surface area (Å²) in [6.45, 7) is 2.67. The standard InChI is InChI=1S/C19H25N5O5/c1-19(13-4-3-5-14(10-13)29-2)17(27)24(18(28)21-19)22-15(25)11-23-8-6-12(7-9-23)16(20)26/h3-5,10,12H,6-9,11H2,1-2H3,(H2,20,26)(H,21,28)(H,22,25). The molecule has 2 aliphatic rings. The maximum atomic E-state index is 12.9. The van der Waals surface area contributed by atoms with E-state index in [0.717, 1.165) is 0 Å². The molecule has 0 saturated carbocycles. The first kappa shape index (κ1) is 20.6. The van der Waals surface area contributed by atoms with Gasteiger partial charge < -0.3 is 15.8 Å². The summed E-state index contributed by atoms with van der Waals surface area (Å²) in [6.07, 6.45) is 1.17. The van der Waals surface area contributed by atoms with E-state index in [1.54, 1.807) is 31.2 Å². The molecular weight excluding hydrogens is 378 g/mol. The van der Waals surface area contributed by atoms with Crippen LogP contribution >= 0.6 is 0 Å². The number of rotatable bonds is 6. The number of primary amides is 1. The van der Waals surface area contributed by atoms with Crippen molar-refractivity contribution in [2.45, 2.75) is 25.3 Å². The quantitative estimate of drug-likeness (QED) is 0.558. The van der Waals surface area contributed by atoms with Gasteiger partial charge in [-0.25, -0.2) is 4.79 Å². The molecule has 2 heterocycles. The second-order valence-electron chi connectivity index (χ2n) is 7.42. The normalized spacial score (nSPS) is 23.0. The molecule has 1 atom stereocenters. The molecule has 0 radical (unpaired) electrons. The zero-order chi connectivity index (χ0) is 21.2. The Morgan fingerprint density at radius 3 is 2.62 bits per heavy atom. The van der Waals surface area contributed by atoms with E-state index in [4.69, 9.17) is 10.5 Å². The first-order valence-electron chi connectivity index (χ1n) is 9.37. The Hall–Kier alpha value is -3.14. The average molecular weight is 403 g/mol. The summed E-state index contributed by atoms with van der Waals surface area (Å²) < 4.78 is 5.18. The number of urea groups is 1. The molecular formula is C19H25N5O5. The van der Waals surface area contributed by atoms with Gasteiger partial charge in [-0.05, 0) is 50.6 Å². The van der Waals surface area contributed by atoms with E-state index in [-0.39, 0.29) is 18.4 Å². The SMILES string of the molecule is COc1cccc(C2(C)NC(=O)N(NC(=O)CN3CCC(C(N)=O)CC3)C2=O)c1. The monoisotopic (exact) mass is 403 g/mol. The number of hydrogen-bond donors (Lipinski definition) is 3. The van der Waals surface area contributed by atoms with Crippen LogP contribution in [0.4, 0.5) is 4.79 Å². The number of likely N-dealkylation sites (tertiary alicyclic amines) is 1. The Morgan fingerprint density at radius 2 is 2.00 bits per heavy atom. The number of methoxy groups -OCH3 is 1. The van der Waals surface area contributed by atoms with Crippen molar-refractivity contribution in [3.05, 3.63) is 29.8 Å². The van der Waals surface area contributed by atoms with Gasteiger partial charge in [-0.3, -0.25) is 24.7 Å². The second kappa shape index (κ2) is 8.08. The largest absolute Gasteiger partial charge is 0.497 e. The lowest BCUT2D eigenvalue weighted by Crippen LogP contribution is -2.51. The van der Waals surface area contributed by atoms with Gasteiger partial charge in [-0.15, -0.1) is 0 Å². The number of nitrogens with one attached hydrogen (secondary N) is 2. The fraction of sp³-hybridized carbons (Fsp3) is 0.474. The molecule has 5 amide bonds. The maximum Gasteiger partial charge on any atom is 0.344 e. The van der Waals surface area contributed by atoms with E-state index in [1.165, 1.54) is 7.11 Å². The Balaban J connectivity index is 1.63. The zero-order valence-electron chi connectivity index (χ0n) is 16.4. The van der Waals surface area contributed by atoms with Crippen LogP contribution in [0.5, 0.6) is 5.75 Å². The molecule has 2 fully saturated rings. The molecule has 0 aliphatic carbocycles. The number of hydrazine groups is 1. The molecule has 10 heteroatoms. The molecule has 0 bridgehead atoms. The summed E-state index contributed by atoms with van der Waals surface area (Å²) in [5.41, 5.74) is 6.91. The fourth-order valence-corrected chi connectivity index (χ4v) is 3.61. The second-order valence-corrected chi connectivity index (χ2v) is 7.42. The number of imide groups is 1. The Kier molecular flexibility index (Phi) is 5.73. The van der Waals surface area contributed by atoms with Crippen LogP contribution in [0, 0.1) is 5.92 Å².